The van der Waals surface area contributed by atoms with E-state index in [2.05, 4.69) is 25.9 Å². The number of ether oxygens (including phenoxy) is 2. The van der Waals surface area contributed by atoms with Gasteiger partial charge in [-0.2, -0.15) is 0 Å². The minimum absolute atomic E-state index is 0.207. The quantitative estimate of drug-likeness (QED) is 0.612. The largest absolute Gasteiger partial charge is 0.487 e. The number of carbonyl (C=O) groups is 1. The third-order valence-corrected chi connectivity index (χ3v) is 5.75. The summed E-state index contributed by atoms with van der Waals surface area (Å²) >= 11 is 3.48. The van der Waals surface area contributed by atoms with Crippen molar-refractivity contribution in [2.45, 2.75) is 50.5 Å². The third-order valence-electron chi connectivity index (χ3n) is 4.27. The standard InChI is InChI=1S/C19H24BrN3O5S/c1-19(2,3)28-18(24)23-7-5-6-13(11-23)27-16-9-15-12(8-14(16)20)10-21-17(22-15)29(4,25)26/h8-10,13H,5-7,11H2,1-4H3. The van der Waals surface area contributed by atoms with Crippen LogP contribution in [0.2, 0.25) is 0 Å². The molecule has 3 rings (SSSR count). The molecule has 1 amide bonds. The summed E-state index contributed by atoms with van der Waals surface area (Å²) in [4.78, 5) is 22.0. The number of aromatic nitrogens is 2. The summed E-state index contributed by atoms with van der Waals surface area (Å²) in [6, 6.07) is 3.47. The van der Waals surface area contributed by atoms with E-state index < -0.39 is 15.4 Å². The summed E-state index contributed by atoms with van der Waals surface area (Å²) in [5.74, 6) is 0.534. The lowest BCUT2D eigenvalue weighted by molar-refractivity contribution is 0.00769. The highest BCUT2D eigenvalue weighted by atomic mass is 79.9. The molecule has 29 heavy (non-hydrogen) atoms. The Kier molecular flexibility index (Phi) is 6.05. The zero-order valence-corrected chi connectivity index (χ0v) is 19.2. The van der Waals surface area contributed by atoms with E-state index in [1.54, 1.807) is 17.0 Å². The van der Waals surface area contributed by atoms with Gasteiger partial charge in [0.25, 0.3) is 0 Å². The zero-order valence-electron chi connectivity index (χ0n) is 16.8. The molecule has 1 unspecified atom stereocenters. The third kappa shape index (κ3) is 5.57. The SMILES string of the molecule is CC(C)(C)OC(=O)N1CCCC(Oc2cc3nc(S(C)(=O)=O)ncc3cc2Br)C1. The van der Waals surface area contributed by atoms with Gasteiger partial charge in [-0.05, 0) is 55.6 Å². The normalized spacial score (nSPS) is 18.0. The van der Waals surface area contributed by atoms with E-state index in [1.807, 2.05) is 20.8 Å². The Morgan fingerprint density at radius 1 is 1.31 bits per heavy atom. The molecule has 1 atom stereocenters. The Labute approximate surface area is 178 Å². The first-order valence-electron chi connectivity index (χ1n) is 9.23. The highest BCUT2D eigenvalue weighted by Gasteiger charge is 2.29. The van der Waals surface area contributed by atoms with E-state index in [-0.39, 0.29) is 17.4 Å². The summed E-state index contributed by atoms with van der Waals surface area (Å²) in [5, 5.41) is 0.461. The Hall–Kier alpha value is -1.94. The van der Waals surface area contributed by atoms with Gasteiger partial charge in [0.15, 0.2) is 0 Å². The second-order valence-electron chi connectivity index (χ2n) is 8.07. The summed E-state index contributed by atoms with van der Waals surface area (Å²) in [6.45, 7) is 6.54. The van der Waals surface area contributed by atoms with Gasteiger partial charge < -0.3 is 14.4 Å². The van der Waals surface area contributed by atoms with E-state index in [0.29, 0.717) is 34.2 Å². The average molecular weight is 486 g/mol. The number of piperidine rings is 1. The lowest BCUT2D eigenvalue weighted by atomic mass is 10.1. The molecule has 1 aliphatic rings. The number of benzene rings is 1. The molecule has 1 fully saturated rings. The van der Waals surface area contributed by atoms with Crippen LogP contribution >= 0.6 is 15.9 Å². The van der Waals surface area contributed by atoms with Gasteiger partial charge in [0.1, 0.15) is 17.5 Å². The molecule has 1 aromatic carbocycles. The topological polar surface area (TPSA) is 98.7 Å². The molecule has 0 N–H and O–H groups in total. The van der Waals surface area contributed by atoms with Gasteiger partial charge in [0.2, 0.25) is 15.0 Å². The Balaban J connectivity index is 1.80. The predicted octanol–water partition coefficient (Wildman–Crippen LogP) is 3.57. The Morgan fingerprint density at radius 2 is 2.03 bits per heavy atom. The molecule has 0 saturated carbocycles. The molecule has 10 heteroatoms. The van der Waals surface area contributed by atoms with Crippen LogP contribution < -0.4 is 4.74 Å². The first kappa shape index (κ1) is 21.8. The van der Waals surface area contributed by atoms with Crippen LogP contribution in [-0.4, -0.2) is 60.4 Å². The second kappa shape index (κ2) is 8.06. The van der Waals surface area contributed by atoms with Crippen molar-refractivity contribution in [3.05, 3.63) is 22.8 Å². The number of hydrogen-bond donors (Lipinski definition) is 0. The van der Waals surface area contributed by atoms with Crippen molar-refractivity contribution in [3.8, 4) is 5.75 Å². The molecule has 0 bridgehead atoms. The van der Waals surface area contributed by atoms with Crippen LogP contribution in [0.5, 0.6) is 5.75 Å². The maximum absolute atomic E-state index is 12.4. The molecule has 2 aromatic rings. The smallest absolute Gasteiger partial charge is 0.410 e. The number of nitrogens with zero attached hydrogens (tertiary/aromatic N) is 3. The van der Waals surface area contributed by atoms with Crippen LogP contribution in [0, 0.1) is 0 Å². The minimum atomic E-state index is -3.51. The molecule has 0 aliphatic carbocycles. The van der Waals surface area contributed by atoms with Crippen molar-refractivity contribution in [2.24, 2.45) is 0 Å². The zero-order chi connectivity index (χ0) is 21.4. The first-order chi connectivity index (χ1) is 13.4. The fraction of sp³-hybridized carbons (Fsp3) is 0.526. The number of halogens is 1. The number of fused-ring (bicyclic) bond motifs is 1. The Morgan fingerprint density at radius 3 is 2.69 bits per heavy atom. The molecule has 1 aliphatic heterocycles. The van der Waals surface area contributed by atoms with Gasteiger partial charge in [0.05, 0.1) is 16.5 Å². The van der Waals surface area contributed by atoms with E-state index in [4.69, 9.17) is 9.47 Å². The van der Waals surface area contributed by atoms with Crippen LogP contribution in [0.15, 0.2) is 28.0 Å². The number of likely N-dealkylation sites (tertiary alicyclic amines) is 1. The monoisotopic (exact) mass is 485 g/mol. The van der Waals surface area contributed by atoms with Crippen LogP contribution in [0.25, 0.3) is 10.9 Å². The van der Waals surface area contributed by atoms with Crippen LogP contribution in [-0.2, 0) is 14.6 Å². The molecule has 1 aromatic heterocycles. The minimum Gasteiger partial charge on any atom is -0.487 e. The fourth-order valence-corrected chi connectivity index (χ4v) is 3.95. The fourth-order valence-electron chi connectivity index (χ4n) is 2.99. The van der Waals surface area contributed by atoms with Crippen molar-refractivity contribution in [3.63, 3.8) is 0 Å². The Bertz CT molecular complexity index is 1040. The van der Waals surface area contributed by atoms with Gasteiger partial charge in [-0.15, -0.1) is 0 Å². The van der Waals surface area contributed by atoms with Gasteiger partial charge in [-0.25, -0.2) is 23.2 Å². The number of hydrogen-bond acceptors (Lipinski definition) is 7. The maximum atomic E-state index is 12.4. The van der Waals surface area contributed by atoms with Gasteiger partial charge in [0, 0.05) is 30.4 Å². The van der Waals surface area contributed by atoms with Crippen LogP contribution in [0.3, 0.4) is 0 Å². The molecular weight excluding hydrogens is 462 g/mol. The van der Waals surface area contributed by atoms with Crippen molar-refractivity contribution >= 4 is 42.8 Å². The molecule has 2 heterocycles. The van der Waals surface area contributed by atoms with Gasteiger partial charge in [-0.1, -0.05) is 0 Å². The summed E-state index contributed by atoms with van der Waals surface area (Å²) in [5.41, 5.74) is -0.0815. The average Bonchev–Trinajstić information content (AvgIpc) is 2.60. The summed E-state index contributed by atoms with van der Waals surface area (Å²) in [6.07, 6.45) is 3.57. The molecule has 8 nitrogen and oxygen atoms in total. The van der Waals surface area contributed by atoms with E-state index >= 15 is 0 Å². The van der Waals surface area contributed by atoms with E-state index in [0.717, 1.165) is 19.1 Å². The van der Waals surface area contributed by atoms with Crippen LogP contribution in [0.1, 0.15) is 33.6 Å². The van der Waals surface area contributed by atoms with Gasteiger partial charge >= 0.3 is 6.09 Å². The lowest BCUT2D eigenvalue weighted by Gasteiger charge is -2.34. The molecular formula is C19H24BrN3O5S. The van der Waals surface area contributed by atoms with Crippen molar-refractivity contribution in [2.75, 3.05) is 19.3 Å². The first-order valence-corrected chi connectivity index (χ1v) is 11.9. The highest BCUT2D eigenvalue weighted by Crippen LogP contribution is 2.32. The number of carbonyl (C=O) groups excluding carboxylic acids is 1. The molecule has 1 saturated heterocycles. The molecule has 0 spiro atoms. The molecule has 158 valence electrons. The summed E-state index contributed by atoms with van der Waals surface area (Å²) in [7, 11) is -3.51. The summed E-state index contributed by atoms with van der Waals surface area (Å²) < 4.78 is 35.7. The molecule has 0 radical (unpaired) electrons. The van der Waals surface area contributed by atoms with E-state index in [9.17, 15) is 13.2 Å². The van der Waals surface area contributed by atoms with Crippen molar-refractivity contribution in [1.29, 1.82) is 0 Å². The van der Waals surface area contributed by atoms with Crippen LogP contribution in [0.4, 0.5) is 4.79 Å². The second-order valence-corrected chi connectivity index (χ2v) is 10.8. The predicted molar refractivity (Wildman–Crippen MR) is 112 cm³/mol. The number of amides is 1. The number of rotatable bonds is 3. The van der Waals surface area contributed by atoms with Gasteiger partial charge in [-0.3, -0.25) is 0 Å². The van der Waals surface area contributed by atoms with Crippen molar-refractivity contribution < 1.29 is 22.7 Å². The van der Waals surface area contributed by atoms with E-state index in [1.165, 1.54) is 6.20 Å². The number of sulfone groups is 1. The highest BCUT2D eigenvalue weighted by molar-refractivity contribution is 9.10. The maximum Gasteiger partial charge on any atom is 0.410 e. The lowest BCUT2D eigenvalue weighted by Crippen LogP contribution is -2.46. The van der Waals surface area contributed by atoms with Crippen molar-refractivity contribution in [1.82, 2.24) is 14.9 Å².